The number of carbonyl (C=O) groups excluding carboxylic acids is 1. The molecule has 0 saturated carbocycles. The van der Waals surface area contributed by atoms with E-state index in [1.54, 1.807) is 23.4 Å². The molecule has 2 aliphatic rings. The molecule has 0 aromatic carbocycles. The predicted octanol–water partition coefficient (Wildman–Crippen LogP) is 1.43. The Morgan fingerprint density at radius 2 is 2.25 bits per heavy atom. The highest BCUT2D eigenvalue weighted by atomic mass is 16.1. The molecule has 1 unspecified atom stereocenters. The SMILES string of the molecule is CCCN(C(=N)N)C1(C(=O)c2cn[nH]c2)C=CC=C2NC=CC=C21. The molecule has 1 aromatic rings. The highest BCUT2D eigenvalue weighted by Crippen LogP contribution is 2.38. The van der Waals surface area contributed by atoms with Gasteiger partial charge in [0.25, 0.3) is 0 Å². The molecule has 5 N–H and O–H groups in total. The minimum absolute atomic E-state index is 0.143. The van der Waals surface area contributed by atoms with Gasteiger partial charge in [0.05, 0.1) is 11.8 Å². The Balaban J connectivity index is 2.21. The van der Waals surface area contributed by atoms with Crippen LogP contribution in [0.2, 0.25) is 0 Å². The third-order valence-electron chi connectivity index (χ3n) is 4.17. The van der Waals surface area contributed by atoms with Gasteiger partial charge >= 0.3 is 0 Å². The third kappa shape index (κ3) is 2.34. The molecule has 1 aromatic heterocycles. The van der Waals surface area contributed by atoms with E-state index in [0.29, 0.717) is 12.1 Å². The number of nitrogens with two attached hydrogens (primary N) is 1. The van der Waals surface area contributed by atoms with Crippen molar-refractivity contribution in [2.75, 3.05) is 6.54 Å². The van der Waals surface area contributed by atoms with E-state index in [0.717, 1.165) is 17.7 Å². The highest BCUT2D eigenvalue weighted by molar-refractivity contribution is 6.09. The number of hydrogen-bond donors (Lipinski definition) is 4. The fourth-order valence-electron chi connectivity index (χ4n) is 3.15. The lowest BCUT2D eigenvalue weighted by atomic mass is 9.76. The van der Waals surface area contributed by atoms with Crippen LogP contribution in [0, 0.1) is 5.41 Å². The van der Waals surface area contributed by atoms with E-state index in [2.05, 4.69) is 15.5 Å². The molecule has 1 aliphatic carbocycles. The van der Waals surface area contributed by atoms with Crippen molar-refractivity contribution in [2.24, 2.45) is 5.73 Å². The van der Waals surface area contributed by atoms with Gasteiger partial charge in [-0.3, -0.25) is 15.3 Å². The molecule has 3 rings (SSSR count). The molecule has 1 atom stereocenters. The molecule has 1 aliphatic heterocycles. The van der Waals surface area contributed by atoms with Gasteiger partial charge < -0.3 is 16.0 Å². The zero-order valence-corrected chi connectivity index (χ0v) is 13.4. The van der Waals surface area contributed by atoms with Gasteiger partial charge in [-0.05, 0) is 24.6 Å². The molecule has 0 amide bonds. The average molecular weight is 324 g/mol. The summed E-state index contributed by atoms with van der Waals surface area (Å²) < 4.78 is 0. The van der Waals surface area contributed by atoms with E-state index < -0.39 is 5.54 Å². The number of ketones is 1. The number of fused-ring (bicyclic) bond motifs is 1. The Morgan fingerprint density at radius 1 is 1.42 bits per heavy atom. The summed E-state index contributed by atoms with van der Waals surface area (Å²) in [6.07, 6.45) is 14.9. The number of aromatic nitrogens is 2. The topological polar surface area (TPSA) is 111 Å². The molecule has 0 saturated heterocycles. The first-order valence-electron chi connectivity index (χ1n) is 7.80. The number of hydrogen-bond acceptors (Lipinski definition) is 4. The maximum atomic E-state index is 13.4. The number of guanidine groups is 1. The van der Waals surface area contributed by atoms with E-state index >= 15 is 0 Å². The zero-order chi connectivity index (χ0) is 17.2. The normalized spacial score (nSPS) is 21.4. The second kappa shape index (κ2) is 6.19. The third-order valence-corrected chi connectivity index (χ3v) is 4.17. The number of allylic oxidation sites excluding steroid dienone is 4. The van der Waals surface area contributed by atoms with E-state index in [1.165, 1.54) is 6.20 Å². The summed E-state index contributed by atoms with van der Waals surface area (Å²) in [5.74, 6) is -0.319. The van der Waals surface area contributed by atoms with Crippen LogP contribution in [0.5, 0.6) is 0 Å². The summed E-state index contributed by atoms with van der Waals surface area (Å²) in [6.45, 7) is 2.47. The second-order valence-corrected chi connectivity index (χ2v) is 5.64. The molecule has 2 heterocycles. The van der Waals surface area contributed by atoms with Gasteiger partial charge in [0.2, 0.25) is 0 Å². The molecule has 24 heavy (non-hydrogen) atoms. The number of Topliss-reactive ketones (excluding diaryl/α,β-unsaturated/α-hetero) is 1. The molecular formula is C17H20N6O. The second-order valence-electron chi connectivity index (χ2n) is 5.64. The van der Waals surface area contributed by atoms with Crippen molar-refractivity contribution in [2.45, 2.75) is 18.9 Å². The monoisotopic (exact) mass is 324 g/mol. The number of nitrogens with one attached hydrogen (secondary N) is 3. The van der Waals surface area contributed by atoms with Gasteiger partial charge in [-0.15, -0.1) is 0 Å². The Morgan fingerprint density at radius 3 is 2.92 bits per heavy atom. The fourth-order valence-corrected chi connectivity index (χ4v) is 3.15. The summed E-state index contributed by atoms with van der Waals surface area (Å²) >= 11 is 0. The summed E-state index contributed by atoms with van der Waals surface area (Å²) in [5.41, 5.74) is 6.72. The average Bonchev–Trinajstić information content (AvgIpc) is 3.13. The molecule has 0 fully saturated rings. The Bertz CT molecular complexity index is 771. The van der Waals surface area contributed by atoms with Crippen LogP contribution in [0.3, 0.4) is 0 Å². The first-order valence-corrected chi connectivity index (χ1v) is 7.80. The molecule has 0 spiro atoms. The van der Waals surface area contributed by atoms with Crippen molar-refractivity contribution in [3.63, 3.8) is 0 Å². The molecule has 0 bridgehead atoms. The van der Waals surface area contributed by atoms with Crippen LogP contribution < -0.4 is 11.1 Å². The van der Waals surface area contributed by atoms with Crippen molar-refractivity contribution in [1.82, 2.24) is 20.4 Å². The number of aromatic amines is 1. The van der Waals surface area contributed by atoms with E-state index in [4.69, 9.17) is 11.1 Å². The van der Waals surface area contributed by atoms with Crippen molar-refractivity contribution in [1.29, 1.82) is 5.41 Å². The molecule has 7 nitrogen and oxygen atoms in total. The van der Waals surface area contributed by atoms with Gasteiger partial charge in [0.15, 0.2) is 17.3 Å². The number of dihydropyridines is 1. The Kier molecular flexibility index (Phi) is 4.07. The van der Waals surface area contributed by atoms with Crippen LogP contribution >= 0.6 is 0 Å². The summed E-state index contributed by atoms with van der Waals surface area (Å²) in [4.78, 5) is 15.1. The van der Waals surface area contributed by atoms with Gasteiger partial charge in [-0.2, -0.15) is 5.10 Å². The molecular weight excluding hydrogens is 304 g/mol. The first kappa shape index (κ1) is 15.8. The summed E-state index contributed by atoms with van der Waals surface area (Å²) in [7, 11) is 0. The standard InChI is InChI=1S/C17H20N6O/c1-2-9-23(16(18)19)17(15(24)12-10-21-22-11-12)7-3-6-14-13(17)5-4-8-20-14/h3-8,10-11,20H,2,9H2,1H3,(H3,18,19)(H,21,22). The smallest absolute Gasteiger partial charge is 0.200 e. The maximum absolute atomic E-state index is 13.4. The van der Waals surface area contributed by atoms with Crippen LogP contribution in [0.25, 0.3) is 0 Å². The van der Waals surface area contributed by atoms with Gasteiger partial charge in [0.1, 0.15) is 0 Å². The molecule has 124 valence electrons. The largest absolute Gasteiger partial charge is 0.370 e. The van der Waals surface area contributed by atoms with Gasteiger partial charge in [-0.25, -0.2) is 0 Å². The number of carbonyl (C=O) groups is 1. The summed E-state index contributed by atoms with van der Waals surface area (Å²) in [5, 5.41) is 17.8. The Hall–Kier alpha value is -3.09. The van der Waals surface area contributed by atoms with Crippen molar-refractivity contribution in [3.8, 4) is 0 Å². The van der Waals surface area contributed by atoms with E-state index in [-0.39, 0.29) is 11.7 Å². The van der Waals surface area contributed by atoms with Crippen molar-refractivity contribution >= 4 is 11.7 Å². The van der Waals surface area contributed by atoms with Crippen molar-refractivity contribution in [3.05, 3.63) is 65.8 Å². The Labute approximate surface area is 140 Å². The zero-order valence-electron chi connectivity index (χ0n) is 13.4. The summed E-state index contributed by atoms with van der Waals surface area (Å²) in [6, 6.07) is 0. The predicted molar refractivity (Wildman–Crippen MR) is 92.1 cm³/mol. The molecule has 7 heteroatoms. The number of H-pyrrole nitrogens is 1. The molecule has 0 radical (unpaired) electrons. The van der Waals surface area contributed by atoms with Crippen LogP contribution in [0.1, 0.15) is 23.7 Å². The first-order chi connectivity index (χ1) is 11.6. The lowest BCUT2D eigenvalue weighted by Gasteiger charge is -2.44. The van der Waals surface area contributed by atoms with Crippen LogP contribution in [0.4, 0.5) is 0 Å². The van der Waals surface area contributed by atoms with Crippen LogP contribution in [-0.4, -0.2) is 38.9 Å². The minimum atomic E-state index is -1.17. The fraction of sp³-hybridized carbons (Fsp3) is 0.235. The number of rotatable bonds is 5. The van der Waals surface area contributed by atoms with Crippen LogP contribution in [-0.2, 0) is 0 Å². The maximum Gasteiger partial charge on any atom is 0.200 e. The van der Waals surface area contributed by atoms with Gasteiger partial charge in [0, 0.05) is 30.2 Å². The lowest BCUT2D eigenvalue weighted by Crippen LogP contribution is -2.60. The highest BCUT2D eigenvalue weighted by Gasteiger charge is 2.48. The quantitative estimate of drug-likeness (QED) is 0.372. The number of nitrogens with zero attached hydrogens (tertiary/aromatic N) is 2. The van der Waals surface area contributed by atoms with Crippen molar-refractivity contribution < 1.29 is 4.79 Å². The van der Waals surface area contributed by atoms with E-state index in [1.807, 2.05) is 31.2 Å². The van der Waals surface area contributed by atoms with E-state index in [9.17, 15) is 4.79 Å². The lowest BCUT2D eigenvalue weighted by molar-refractivity contribution is 0.0840. The van der Waals surface area contributed by atoms with Gasteiger partial charge in [-0.1, -0.05) is 19.1 Å². The van der Waals surface area contributed by atoms with Crippen LogP contribution in [0.15, 0.2) is 60.2 Å². The minimum Gasteiger partial charge on any atom is -0.370 e.